The highest BCUT2D eigenvalue weighted by molar-refractivity contribution is 5.93. The van der Waals surface area contributed by atoms with Crippen molar-refractivity contribution in [2.45, 2.75) is 39.3 Å². The van der Waals surface area contributed by atoms with Gasteiger partial charge in [0.2, 0.25) is 0 Å². The van der Waals surface area contributed by atoms with E-state index in [4.69, 9.17) is 9.47 Å². The first-order valence-electron chi connectivity index (χ1n) is 9.17. The monoisotopic (exact) mass is 391 g/mol. The summed E-state index contributed by atoms with van der Waals surface area (Å²) in [6.45, 7) is 9.19. The zero-order chi connectivity index (χ0) is 20.5. The second-order valence-electron chi connectivity index (χ2n) is 7.83. The molecule has 152 valence electrons. The number of ether oxygens (including phenoxy) is 2. The maximum atomic E-state index is 13.1. The number of anilines is 2. The first-order chi connectivity index (χ1) is 13.2. The highest BCUT2D eigenvalue weighted by atomic mass is 19.2. The van der Waals surface area contributed by atoms with Gasteiger partial charge in [0.1, 0.15) is 17.7 Å². The lowest BCUT2D eigenvalue weighted by molar-refractivity contribution is 0.0218. The van der Waals surface area contributed by atoms with Crippen molar-refractivity contribution in [1.29, 1.82) is 0 Å². The van der Waals surface area contributed by atoms with E-state index in [1.165, 1.54) is 6.33 Å². The largest absolute Gasteiger partial charge is 0.495 e. The predicted octanol–water partition coefficient (Wildman–Crippen LogP) is 3.38. The van der Waals surface area contributed by atoms with Crippen LogP contribution in [0.15, 0.2) is 18.5 Å². The van der Waals surface area contributed by atoms with E-state index in [0.29, 0.717) is 36.3 Å². The molecule has 2 heterocycles. The lowest BCUT2D eigenvalue weighted by Crippen LogP contribution is -2.54. The summed E-state index contributed by atoms with van der Waals surface area (Å²) in [7, 11) is 1.59. The maximum absolute atomic E-state index is 13.1. The summed E-state index contributed by atoms with van der Waals surface area (Å²) in [5.41, 5.74) is 2.46. The van der Waals surface area contributed by atoms with E-state index in [0.717, 1.165) is 5.69 Å². The number of nitrogens with zero attached hydrogens (tertiary/aromatic N) is 4. The molecule has 1 N–H and O–H groups in total. The summed E-state index contributed by atoms with van der Waals surface area (Å²) < 4.78 is 24.1. The summed E-state index contributed by atoms with van der Waals surface area (Å²) in [4.78, 5) is 24.3. The molecule has 3 rings (SSSR count). The minimum Gasteiger partial charge on any atom is -0.495 e. The van der Waals surface area contributed by atoms with Gasteiger partial charge in [0.05, 0.1) is 18.3 Å². The number of nitrogens with one attached hydrogen (secondary N) is 1. The number of carbonyl (C=O) groups excluding carboxylic acids is 1. The van der Waals surface area contributed by atoms with Crippen LogP contribution in [0.2, 0.25) is 0 Å². The second kappa shape index (κ2) is 7.65. The number of benzene rings is 1. The van der Waals surface area contributed by atoms with Crippen LogP contribution < -0.4 is 15.2 Å². The third-order valence-electron chi connectivity index (χ3n) is 4.61. The van der Waals surface area contributed by atoms with Crippen LogP contribution in [-0.4, -0.2) is 59.3 Å². The van der Waals surface area contributed by atoms with Crippen LogP contribution in [0.3, 0.4) is 0 Å². The van der Waals surface area contributed by atoms with Crippen LogP contribution in [0.25, 0.3) is 10.9 Å². The summed E-state index contributed by atoms with van der Waals surface area (Å²) in [5, 5.41) is 0.558. The van der Waals surface area contributed by atoms with Crippen molar-refractivity contribution in [2.75, 3.05) is 37.2 Å². The molecule has 9 heteroatoms. The van der Waals surface area contributed by atoms with Crippen molar-refractivity contribution >= 4 is 28.5 Å². The second-order valence-corrected chi connectivity index (χ2v) is 7.83. The average molecular weight is 391 g/mol. The molecule has 1 aromatic heterocycles. The number of hydrogen-bond donors (Lipinski definition) is 1. The highest BCUT2D eigenvalue weighted by Crippen LogP contribution is 2.36. The number of amides is 1. The van der Waals surface area contributed by atoms with Crippen molar-refractivity contribution in [1.82, 2.24) is 14.9 Å². The molecule has 0 unspecified atom stereocenters. The van der Waals surface area contributed by atoms with Gasteiger partial charge in [-0.1, -0.05) is 0 Å². The number of methoxy groups -OCH3 is 1. The van der Waals surface area contributed by atoms with Gasteiger partial charge in [-0.15, -0.1) is 4.48 Å². The summed E-state index contributed by atoms with van der Waals surface area (Å²) in [6, 6.07) is 3.59. The average Bonchev–Trinajstić information content (AvgIpc) is 2.65. The van der Waals surface area contributed by atoms with E-state index in [-0.39, 0.29) is 18.0 Å². The van der Waals surface area contributed by atoms with Crippen LogP contribution in [0, 0.1) is 0 Å². The van der Waals surface area contributed by atoms with Gasteiger partial charge >= 0.3 is 6.09 Å². The summed E-state index contributed by atoms with van der Waals surface area (Å²) in [5.74, 6) is 0.738. The Hall–Kier alpha value is -2.84. The van der Waals surface area contributed by atoms with Gasteiger partial charge in [-0.3, -0.25) is 0 Å². The molecule has 1 amide bonds. The highest BCUT2D eigenvalue weighted by Gasteiger charge is 2.31. The van der Waals surface area contributed by atoms with E-state index in [2.05, 4.69) is 14.9 Å². The summed E-state index contributed by atoms with van der Waals surface area (Å²) in [6.07, 6.45) is 0.979. The van der Waals surface area contributed by atoms with Gasteiger partial charge in [-0.2, -0.15) is 0 Å². The Labute approximate surface area is 163 Å². The van der Waals surface area contributed by atoms with E-state index in [1.54, 1.807) is 23.6 Å². The first-order valence-corrected chi connectivity index (χ1v) is 9.17. The fraction of sp³-hybridized carbons (Fsp3) is 0.526. The number of carbonyl (C=O) groups is 1. The number of hydrogen-bond acceptors (Lipinski definition) is 7. The van der Waals surface area contributed by atoms with Gasteiger partial charge < -0.3 is 19.3 Å². The topological polar surface area (TPSA) is 79.8 Å². The first kappa shape index (κ1) is 19.9. The molecule has 8 nitrogen and oxygen atoms in total. The number of fused-ring (bicyclic) bond motifs is 1. The van der Waals surface area contributed by atoms with Crippen molar-refractivity contribution in [2.24, 2.45) is 0 Å². The third-order valence-corrected chi connectivity index (χ3v) is 4.61. The van der Waals surface area contributed by atoms with E-state index >= 15 is 0 Å². The zero-order valence-corrected chi connectivity index (χ0v) is 16.8. The Balaban J connectivity index is 1.88. The predicted molar refractivity (Wildman–Crippen MR) is 105 cm³/mol. The van der Waals surface area contributed by atoms with Crippen LogP contribution in [0.1, 0.15) is 27.7 Å². The van der Waals surface area contributed by atoms with E-state index in [9.17, 15) is 9.28 Å². The molecule has 1 aliphatic rings. The maximum Gasteiger partial charge on any atom is 0.410 e. The molecule has 28 heavy (non-hydrogen) atoms. The van der Waals surface area contributed by atoms with Crippen molar-refractivity contribution < 1.29 is 18.7 Å². The molecule has 1 saturated heterocycles. The third kappa shape index (κ3) is 4.02. The lowest BCUT2D eigenvalue weighted by atomic mass is 10.1. The van der Waals surface area contributed by atoms with Crippen LogP contribution in [0.4, 0.5) is 20.8 Å². The Morgan fingerprint density at radius 2 is 2.04 bits per heavy atom. The van der Waals surface area contributed by atoms with Crippen LogP contribution in [-0.2, 0) is 4.74 Å². The smallest absolute Gasteiger partial charge is 0.410 e. The van der Waals surface area contributed by atoms with Gasteiger partial charge in [0, 0.05) is 37.1 Å². The Morgan fingerprint density at radius 3 is 2.64 bits per heavy atom. The van der Waals surface area contributed by atoms with Gasteiger partial charge in [0.15, 0.2) is 5.82 Å². The Kier molecular flexibility index (Phi) is 5.44. The fourth-order valence-electron chi connectivity index (χ4n) is 3.34. The van der Waals surface area contributed by atoms with Gasteiger partial charge in [-0.25, -0.2) is 20.3 Å². The van der Waals surface area contributed by atoms with Crippen molar-refractivity contribution in [3.8, 4) is 5.75 Å². The molecular formula is C19H26FN5O3. The number of halogens is 1. The minimum absolute atomic E-state index is 0.0130. The molecular weight excluding hydrogens is 365 g/mol. The SMILES string of the molecule is COc1cc2ncnc(NF)c2cc1N1CCN(C(=O)OC(C)(C)C)C[C@@H]1C. The van der Waals surface area contributed by atoms with Crippen LogP contribution >= 0.6 is 0 Å². The van der Waals surface area contributed by atoms with Crippen molar-refractivity contribution in [3.63, 3.8) is 0 Å². The fourth-order valence-corrected chi connectivity index (χ4v) is 3.34. The molecule has 1 fully saturated rings. The molecule has 0 radical (unpaired) electrons. The number of rotatable bonds is 3. The quantitative estimate of drug-likeness (QED) is 0.804. The number of piperazine rings is 1. The summed E-state index contributed by atoms with van der Waals surface area (Å²) >= 11 is 0. The van der Waals surface area contributed by atoms with Gasteiger partial charge in [0.25, 0.3) is 0 Å². The molecule has 0 aliphatic carbocycles. The Morgan fingerprint density at radius 1 is 1.29 bits per heavy atom. The van der Waals surface area contributed by atoms with E-state index < -0.39 is 5.60 Å². The van der Waals surface area contributed by atoms with Crippen molar-refractivity contribution in [3.05, 3.63) is 18.5 Å². The van der Waals surface area contributed by atoms with Gasteiger partial charge in [-0.05, 0) is 33.8 Å². The molecule has 0 saturated carbocycles. The molecule has 0 bridgehead atoms. The molecule has 2 aromatic rings. The molecule has 0 spiro atoms. The normalized spacial score (nSPS) is 17.6. The molecule has 1 atom stereocenters. The minimum atomic E-state index is -0.533. The standard InChI is InChI=1S/C19H26FN5O3/c1-12-10-24(18(26)28-19(2,3)4)6-7-25(12)15-8-13-14(9-16(15)27-5)21-11-22-17(13)23-20/h8-9,11-12H,6-7,10H2,1-5H3,(H,21,22,23)/t12-/m0/s1. The molecule has 1 aromatic carbocycles. The van der Waals surface area contributed by atoms with Crippen LogP contribution in [0.5, 0.6) is 5.75 Å². The zero-order valence-electron chi connectivity index (χ0n) is 16.8. The molecule has 1 aliphatic heterocycles. The number of aromatic nitrogens is 2. The lowest BCUT2D eigenvalue weighted by Gasteiger charge is -2.41. The Bertz CT molecular complexity index is 871. The van der Waals surface area contributed by atoms with E-state index in [1.807, 2.05) is 33.8 Å².